The minimum Gasteiger partial charge on any atom is -0.478 e. The molecule has 0 radical (unpaired) electrons. The van der Waals surface area contributed by atoms with Crippen LogP contribution in [0.1, 0.15) is 5.56 Å². The fraction of sp³-hybridized carbons (Fsp3) is 0.385. The number of hydrogen-bond donors (Lipinski definition) is 1. The van der Waals surface area contributed by atoms with Gasteiger partial charge in [-0.15, -0.1) is 0 Å². The van der Waals surface area contributed by atoms with Gasteiger partial charge in [0.1, 0.15) is 5.82 Å². The van der Waals surface area contributed by atoms with E-state index in [0.717, 1.165) is 43.6 Å². The van der Waals surface area contributed by atoms with Gasteiger partial charge in [0.05, 0.1) is 0 Å². The zero-order valence-electron chi connectivity index (χ0n) is 10.4. The number of carboxylic acid groups (broad SMARTS) is 1. The van der Waals surface area contributed by atoms with E-state index in [4.69, 9.17) is 5.11 Å². The third kappa shape index (κ3) is 3.30. The molecule has 0 amide bonds. The third-order valence-electron chi connectivity index (χ3n) is 3.02. The van der Waals surface area contributed by atoms with Gasteiger partial charge in [0.25, 0.3) is 0 Å². The Kier molecular flexibility index (Phi) is 3.94. The first-order valence-electron chi connectivity index (χ1n) is 5.96. The van der Waals surface area contributed by atoms with Gasteiger partial charge in [-0.3, -0.25) is 0 Å². The molecule has 0 saturated carbocycles. The van der Waals surface area contributed by atoms with Gasteiger partial charge in [-0.05, 0) is 30.8 Å². The molecule has 1 aromatic heterocycles. The second-order valence-electron chi connectivity index (χ2n) is 4.41. The molecule has 0 spiro atoms. The van der Waals surface area contributed by atoms with E-state index in [1.54, 1.807) is 12.3 Å². The lowest BCUT2D eigenvalue weighted by Gasteiger charge is -2.33. The predicted molar refractivity (Wildman–Crippen MR) is 70.6 cm³/mol. The van der Waals surface area contributed by atoms with Crippen molar-refractivity contribution in [2.24, 2.45) is 0 Å². The smallest absolute Gasteiger partial charge is 0.328 e. The van der Waals surface area contributed by atoms with Crippen molar-refractivity contribution in [2.75, 3.05) is 38.1 Å². The van der Waals surface area contributed by atoms with Crippen molar-refractivity contribution < 1.29 is 9.90 Å². The van der Waals surface area contributed by atoms with Gasteiger partial charge in [-0.2, -0.15) is 0 Å². The zero-order valence-corrected chi connectivity index (χ0v) is 10.4. The molecular weight excluding hydrogens is 230 g/mol. The van der Waals surface area contributed by atoms with Crippen LogP contribution in [0.2, 0.25) is 0 Å². The summed E-state index contributed by atoms with van der Waals surface area (Å²) in [6.07, 6.45) is 4.36. The highest BCUT2D eigenvalue weighted by atomic mass is 16.4. The highest BCUT2D eigenvalue weighted by molar-refractivity contribution is 5.85. The van der Waals surface area contributed by atoms with Crippen LogP contribution in [-0.2, 0) is 4.79 Å². The summed E-state index contributed by atoms with van der Waals surface area (Å²) >= 11 is 0. The molecule has 0 aromatic carbocycles. The Balaban J connectivity index is 2.01. The molecule has 0 unspecified atom stereocenters. The van der Waals surface area contributed by atoms with Crippen LogP contribution in [0.3, 0.4) is 0 Å². The molecule has 1 aliphatic rings. The van der Waals surface area contributed by atoms with Gasteiger partial charge in [-0.1, -0.05) is 0 Å². The number of carbonyl (C=O) groups is 1. The molecule has 2 rings (SSSR count). The number of aromatic nitrogens is 1. The fourth-order valence-corrected chi connectivity index (χ4v) is 1.89. The normalized spacial score (nSPS) is 17.3. The topological polar surface area (TPSA) is 56.7 Å². The van der Waals surface area contributed by atoms with Crippen LogP contribution in [0.15, 0.2) is 24.4 Å². The lowest BCUT2D eigenvalue weighted by molar-refractivity contribution is -0.131. The van der Waals surface area contributed by atoms with Crippen molar-refractivity contribution in [2.45, 2.75) is 0 Å². The fourth-order valence-electron chi connectivity index (χ4n) is 1.89. The van der Waals surface area contributed by atoms with Crippen LogP contribution in [-0.4, -0.2) is 54.2 Å². The molecule has 2 heterocycles. The molecule has 0 bridgehead atoms. The summed E-state index contributed by atoms with van der Waals surface area (Å²) in [5.74, 6) is 0.00807. The number of aliphatic carboxylic acids is 1. The maximum absolute atomic E-state index is 10.4. The van der Waals surface area contributed by atoms with Crippen LogP contribution < -0.4 is 4.90 Å². The summed E-state index contributed by atoms with van der Waals surface area (Å²) in [6, 6.07) is 3.83. The van der Waals surface area contributed by atoms with Crippen LogP contribution in [0.5, 0.6) is 0 Å². The van der Waals surface area contributed by atoms with Gasteiger partial charge >= 0.3 is 5.97 Å². The van der Waals surface area contributed by atoms with Gasteiger partial charge in [0, 0.05) is 38.5 Å². The lowest BCUT2D eigenvalue weighted by Crippen LogP contribution is -2.44. The molecule has 5 heteroatoms. The molecule has 1 fully saturated rings. The Morgan fingerprint density at radius 3 is 2.61 bits per heavy atom. The van der Waals surface area contributed by atoms with E-state index in [-0.39, 0.29) is 0 Å². The minimum atomic E-state index is -0.946. The van der Waals surface area contributed by atoms with Crippen molar-refractivity contribution in [3.8, 4) is 0 Å². The van der Waals surface area contributed by atoms with Gasteiger partial charge in [0.2, 0.25) is 0 Å². The molecule has 18 heavy (non-hydrogen) atoms. The number of likely N-dealkylation sites (N-methyl/N-ethyl adjacent to an activating group) is 1. The number of pyridine rings is 1. The number of hydrogen-bond acceptors (Lipinski definition) is 4. The number of piperazine rings is 1. The van der Waals surface area contributed by atoms with Gasteiger partial charge in [-0.25, -0.2) is 9.78 Å². The largest absolute Gasteiger partial charge is 0.478 e. The Morgan fingerprint density at radius 1 is 1.33 bits per heavy atom. The summed E-state index contributed by atoms with van der Waals surface area (Å²) < 4.78 is 0. The highest BCUT2D eigenvalue weighted by Crippen LogP contribution is 2.14. The molecule has 1 aromatic rings. The van der Waals surface area contributed by atoms with Crippen molar-refractivity contribution in [3.05, 3.63) is 30.0 Å². The number of rotatable bonds is 3. The summed E-state index contributed by atoms with van der Waals surface area (Å²) in [4.78, 5) is 19.3. The first kappa shape index (κ1) is 12.6. The van der Waals surface area contributed by atoms with E-state index in [9.17, 15) is 4.79 Å². The van der Waals surface area contributed by atoms with Crippen LogP contribution >= 0.6 is 0 Å². The zero-order chi connectivity index (χ0) is 13.0. The molecule has 5 nitrogen and oxygen atoms in total. The lowest BCUT2D eigenvalue weighted by atomic mass is 10.2. The predicted octanol–water partition coefficient (Wildman–Crippen LogP) is 0.931. The van der Waals surface area contributed by atoms with Crippen LogP contribution in [0.4, 0.5) is 5.82 Å². The molecule has 1 N–H and O–H groups in total. The van der Waals surface area contributed by atoms with Gasteiger partial charge < -0.3 is 14.9 Å². The maximum atomic E-state index is 10.4. The van der Waals surface area contributed by atoms with Crippen molar-refractivity contribution in [1.82, 2.24) is 9.88 Å². The minimum absolute atomic E-state index is 0.801. The molecular formula is C13H17N3O2. The maximum Gasteiger partial charge on any atom is 0.328 e. The van der Waals surface area contributed by atoms with E-state index in [1.807, 2.05) is 12.1 Å². The van der Waals surface area contributed by atoms with E-state index < -0.39 is 5.97 Å². The van der Waals surface area contributed by atoms with Crippen LogP contribution in [0.25, 0.3) is 6.08 Å². The quantitative estimate of drug-likeness (QED) is 0.805. The van der Waals surface area contributed by atoms with Crippen molar-refractivity contribution >= 4 is 17.9 Å². The van der Waals surface area contributed by atoms with Crippen molar-refractivity contribution in [1.29, 1.82) is 0 Å². The first-order valence-corrected chi connectivity index (χ1v) is 5.96. The number of anilines is 1. The summed E-state index contributed by atoms with van der Waals surface area (Å²) in [5.41, 5.74) is 0.801. The standard InChI is InChI=1S/C13H17N3O2/c1-15-6-8-16(9-7-15)12-4-2-11(10-14-12)3-5-13(17)18/h2-5,10H,6-9H2,1H3,(H,17,18). The van der Waals surface area contributed by atoms with E-state index in [0.29, 0.717) is 0 Å². The third-order valence-corrected chi connectivity index (χ3v) is 3.02. The van der Waals surface area contributed by atoms with E-state index in [1.165, 1.54) is 0 Å². The second kappa shape index (κ2) is 5.64. The Labute approximate surface area is 106 Å². The molecule has 1 saturated heterocycles. The monoisotopic (exact) mass is 247 g/mol. The Hall–Kier alpha value is -1.88. The molecule has 96 valence electrons. The number of nitrogens with zero attached hydrogens (tertiary/aromatic N) is 3. The first-order chi connectivity index (χ1) is 8.65. The Bertz CT molecular complexity index is 434. The van der Waals surface area contributed by atoms with E-state index >= 15 is 0 Å². The summed E-state index contributed by atoms with van der Waals surface area (Å²) in [7, 11) is 2.12. The Morgan fingerprint density at radius 2 is 2.06 bits per heavy atom. The summed E-state index contributed by atoms with van der Waals surface area (Å²) in [6.45, 7) is 4.05. The van der Waals surface area contributed by atoms with Crippen LogP contribution in [0, 0.1) is 0 Å². The summed E-state index contributed by atoms with van der Waals surface area (Å²) in [5, 5.41) is 8.54. The number of carboxylic acids is 1. The molecule has 0 atom stereocenters. The average Bonchev–Trinajstić information content (AvgIpc) is 2.38. The second-order valence-corrected chi connectivity index (χ2v) is 4.41. The highest BCUT2D eigenvalue weighted by Gasteiger charge is 2.14. The molecule has 1 aliphatic heterocycles. The van der Waals surface area contributed by atoms with Gasteiger partial charge in [0.15, 0.2) is 0 Å². The van der Waals surface area contributed by atoms with Crippen molar-refractivity contribution in [3.63, 3.8) is 0 Å². The SMILES string of the molecule is CN1CCN(c2ccc(C=CC(=O)O)cn2)CC1. The molecule has 0 aliphatic carbocycles. The average molecular weight is 247 g/mol. The van der Waals surface area contributed by atoms with E-state index in [2.05, 4.69) is 21.8 Å².